The highest BCUT2D eigenvalue weighted by Crippen LogP contribution is 2.50. The SMILES string of the molecule is C[C@]12Cc3oc4cc(O)ccc4c(=O)c3[C@H](C1)c1ccc(O)cc1O2. The first-order valence-corrected chi connectivity index (χ1v) is 8.24. The van der Waals surface area contributed by atoms with Gasteiger partial charge in [0.2, 0.25) is 0 Å². The van der Waals surface area contributed by atoms with Gasteiger partial charge in [0.1, 0.15) is 34.2 Å². The highest BCUT2D eigenvalue weighted by molar-refractivity contribution is 5.79. The number of phenols is 2. The van der Waals surface area contributed by atoms with Crippen molar-refractivity contribution in [1.82, 2.24) is 0 Å². The van der Waals surface area contributed by atoms with Crippen LogP contribution in [-0.2, 0) is 6.42 Å². The van der Waals surface area contributed by atoms with Gasteiger partial charge < -0.3 is 19.4 Å². The number of ether oxygens (including phenoxy) is 1. The van der Waals surface area contributed by atoms with Gasteiger partial charge in [-0.25, -0.2) is 0 Å². The summed E-state index contributed by atoms with van der Waals surface area (Å²) in [6.07, 6.45) is 1.15. The van der Waals surface area contributed by atoms with Crippen molar-refractivity contribution in [1.29, 1.82) is 0 Å². The van der Waals surface area contributed by atoms with Crippen LogP contribution in [0.3, 0.4) is 0 Å². The van der Waals surface area contributed by atoms with E-state index >= 15 is 0 Å². The van der Waals surface area contributed by atoms with Crippen molar-refractivity contribution in [2.24, 2.45) is 0 Å². The van der Waals surface area contributed by atoms with Gasteiger partial charge in [0, 0.05) is 35.6 Å². The van der Waals surface area contributed by atoms with Crippen molar-refractivity contribution >= 4 is 11.0 Å². The quantitative estimate of drug-likeness (QED) is 0.657. The van der Waals surface area contributed by atoms with E-state index in [-0.39, 0.29) is 22.8 Å². The molecule has 2 aromatic carbocycles. The van der Waals surface area contributed by atoms with Gasteiger partial charge >= 0.3 is 0 Å². The summed E-state index contributed by atoms with van der Waals surface area (Å²) in [5, 5.41) is 19.9. The molecule has 5 rings (SSSR count). The lowest BCUT2D eigenvalue weighted by Gasteiger charge is -2.43. The third-order valence-electron chi connectivity index (χ3n) is 5.24. The molecule has 0 saturated carbocycles. The Morgan fingerprint density at radius 2 is 1.88 bits per heavy atom. The zero-order valence-corrected chi connectivity index (χ0v) is 13.6. The van der Waals surface area contributed by atoms with Gasteiger partial charge in [0.15, 0.2) is 5.43 Å². The summed E-state index contributed by atoms with van der Waals surface area (Å²) in [6.45, 7) is 1.99. The van der Waals surface area contributed by atoms with E-state index in [1.807, 2.05) is 13.0 Å². The van der Waals surface area contributed by atoms with Crippen molar-refractivity contribution in [2.75, 3.05) is 0 Å². The first-order valence-electron chi connectivity index (χ1n) is 8.24. The number of hydrogen-bond acceptors (Lipinski definition) is 5. The van der Waals surface area contributed by atoms with Crippen molar-refractivity contribution in [3.63, 3.8) is 0 Å². The molecule has 1 aliphatic heterocycles. The van der Waals surface area contributed by atoms with E-state index < -0.39 is 5.60 Å². The van der Waals surface area contributed by atoms with Gasteiger partial charge in [-0.15, -0.1) is 0 Å². The van der Waals surface area contributed by atoms with E-state index in [0.717, 1.165) is 5.56 Å². The molecule has 2 atom stereocenters. The second-order valence-corrected chi connectivity index (χ2v) is 7.16. The summed E-state index contributed by atoms with van der Waals surface area (Å²) in [5.41, 5.74) is 1.37. The molecule has 0 unspecified atom stereocenters. The van der Waals surface area contributed by atoms with Crippen molar-refractivity contribution in [3.8, 4) is 17.2 Å². The first kappa shape index (κ1) is 14.4. The molecule has 2 bridgehead atoms. The molecule has 2 N–H and O–H groups in total. The molecular formula is C20H16O5. The third-order valence-corrected chi connectivity index (χ3v) is 5.24. The zero-order valence-electron chi connectivity index (χ0n) is 13.6. The molecule has 0 radical (unpaired) electrons. The Kier molecular flexibility index (Phi) is 2.63. The van der Waals surface area contributed by atoms with Crippen LogP contribution in [0, 0.1) is 0 Å². The smallest absolute Gasteiger partial charge is 0.196 e. The van der Waals surface area contributed by atoms with E-state index in [4.69, 9.17) is 9.15 Å². The lowest BCUT2D eigenvalue weighted by Crippen LogP contribution is -2.45. The van der Waals surface area contributed by atoms with E-state index in [2.05, 4.69) is 0 Å². The number of aromatic hydroxyl groups is 2. The maximum Gasteiger partial charge on any atom is 0.196 e. The Hall–Kier alpha value is -2.95. The lowest BCUT2D eigenvalue weighted by molar-refractivity contribution is 0.0433. The molecule has 0 saturated heterocycles. The minimum Gasteiger partial charge on any atom is -0.508 e. The maximum atomic E-state index is 13.1. The molecule has 126 valence electrons. The van der Waals surface area contributed by atoms with Gasteiger partial charge in [0.25, 0.3) is 0 Å². The highest BCUT2D eigenvalue weighted by atomic mass is 16.5. The molecule has 0 fully saturated rings. The van der Waals surface area contributed by atoms with Gasteiger partial charge in [0.05, 0.1) is 5.39 Å². The maximum absolute atomic E-state index is 13.1. The van der Waals surface area contributed by atoms with E-state index in [0.29, 0.717) is 40.9 Å². The first-order chi connectivity index (χ1) is 11.9. The number of benzene rings is 2. The van der Waals surface area contributed by atoms with Crippen molar-refractivity contribution < 1.29 is 19.4 Å². The predicted molar refractivity (Wildman–Crippen MR) is 91.5 cm³/mol. The Labute approximate surface area is 143 Å². The average Bonchev–Trinajstić information content (AvgIpc) is 2.53. The van der Waals surface area contributed by atoms with Crippen LogP contribution in [0.25, 0.3) is 11.0 Å². The summed E-state index contributed by atoms with van der Waals surface area (Å²) < 4.78 is 12.1. The fourth-order valence-electron chi connectivity index (χ4n) is 4.18. The molecule has 1 aromatic heterocycles. The van der Waals surface area contributed by atoms with Gasteiger partial charge in [-0.2, -0.15) is 0 Å². The minimum atomic E-state index is -0.501. The molecule has 0 amide bonds. The van der Waals surface area contributed by atoms with Crippen LogP contribution >= 0.6 is 0 Å². The van der Waals surface area contributed by atoms with Crippen molar-refractivity contribution in [2.45, 2.75) is 31.3 Å². The van der Waals surface area contributed by atoms with Crippen LogP contribution in [-0.4, -0.2) is 15.8 Å². The zero-order chi connectivity index (χ0) is 17.3. The minimum absolute atomic E-state index is 0.0647. The Morgan fingerprint density at radius 1 is 1.12 bits per heavy atom. The number of fused-ring (bicyclic) bond motifs is 7. The van der Waals surface area contributed by atoms with Gasteiger partial charge in [-0.1, -0.05) is 6.07 Å². The molecule has 25 heavy (non-hydrogen) atoms. The standard InChI is InChI=1S/C20H16O5/c1-20-8-14(12-4-2-11(22)7-16(12)25-20)18-17(9-20)24-15-6-10(21)3-5-13(15)19(18)23/h2-7,14,21-22H,8-9H2,1H3/t14-,20-/m1/s1. The summed E-state index contributed by atoms with van der Waals surface area (Å²) in [5.74, 6) is 1.31. The normalized spacial score (nSPS) is 23.6. The van der Waals surface area contributed by atoms with E-state index in [9.17, 15) is 15.0 Å². The summed E-state index contributed by atoms with van der Waals surface area (Å²) in [7, 11) is 0. The largest absolute Gasteiger partial charge is 0.508 e. The van der Waals surface area contributed by atoms with Crippen LogP contribution in [0.5, 0.6) is 17.2 Å². The summed E-state index contributed by atoms with van der Waals surface area (Å²) in [6, 6.07) is 9.59. The monoisotopic (exact) mass is 336 g/mol. The fraction of sp³-hybridized carbons (Fsp3) is 0.250. The molecule has 1 aliphatic carbocycles. The highest BCUT2D eigenvalue weighted by Gasteiger charge is 2.46. The summed E-state index contributed by atoms with van der Waals surface area (Å²) in [4.78, 5) is 13.1. The van der Waals surface area contributed by atoms with Crippen molar-refractivity contribution in [3.05, 3.63) is 63.5 Å². The van der Waals surface area contributed by atoms with Crippen LogP contribution in [0.2, 0.25) is 0 Å². The molecule has 2 heterocycles. The van der Waals surface area contributed by atoms with E-state index in [1.165, 1.54) is 12.1 Å². The molecule has 5 heteroatoms. The van der Waals surface area contributed by atoms with Gasteiger partial charge in [-0.3, -0.25) is 4.79 Å². The van der Waals surface area contributed by atoms with Gasteiger partial charge in [-0.05, 0) is 31.5 Å². The number of hydrogen-bond donors (Lipinski definition) is 2. The van der Waals surface area contributed by atoms with E-state index in [1.54, 1.807) is 18.2 Å². The number of phenolic OH excluding ortho intramolecular Hbond substituents is 2. The van der Waals surface area contributed by atoms with Crippen LogP contribution in [0.4, 0.5) is 0 Å². The molecule has 5 nitrogen and oxygen atoms in total. The molecule has 0 spiro atoms. The predicted octanol–water partition coefficient (Wildman–Crippen LogP) is 3.43. The fourth-order valence-corrected chi connectivity index (χ4v) is 4.18. The molecule has 2 aliphatic rings. The second-order valence-electron chi connectivity index (χ2n) is 7.16. The Balaban J connectivity index is 1.83. The lowest BCUT2D eigenvalue weighted by atomic mass is 9.72. The van der Waals surface area contributed by atoms with Crippen LogP contribution in [0.1, 0.15) is 36.1 Å². The third kappa shape index (κ3) is 1.98. The van der Waals surface area contributed by atoms with Crippen LogP contribution < -0.4 is 10.2 Å². The molecular weight excluding hydrogens is 320 g/mol. The number of rotatable bonds is 0. The Morgan fingerprint density at radius 3 is 2.72 bits per heavy atom. The average molecular weight is 336 g/mol. The second kappa shape index (κ2) is 4.57. The molecule has 3 aromatic rings. The topological polar surface area (TPSA) is 79.9 Å². The summed E-state index contributed by atoms with van der Waals surface area (Å²) >= 11 is 0. The Bertz CT molecular complexity index is 1100. The van der Waals surface area contributed by atoms with Crippen LogP contribution in [0.15, 0.2) is 45.6 Å².